The van der Waals surface area contributed by atoms with Crippen LogP contribution in [0.5, 0.6) is 0 Å². The summed E-state index contributed by atoms with van der Waals surface area (Å²) >= 11 is 0. The smallest absolute Gasteiger partial charge is 0.109 e. The molecule has 6 fully saturated rings. The van der Waals surface area contributed by atoms with Crippen LogP contribution in [0.2, 0.25) is 0 Å². The zero-order valence-electron chi connectivity index (χ0n) is 23.3. The van der Waals surface area contributed by atoms with Gasteiger partial charge in [0.1, 0.15) is 16.6 Å². The van der Waals surface area contributed by atoms with E-state index in [4.69, 9.17) is 0 Å². The fourth-order valence-electron chi connectivity index (χ4n) is 13.4. The predicted octanol–water partition coefficient (Wildman–Crippen LogP) is 8.08. The Hall–Kier alpha value is -0.0400. The molecule has 0 heterocycles. The molecule has 0 bridgehead atoms. The Kier molecular flexibility index (Phi) is 4.10. The predicted molar refractivity (Wildman–Crippen MR) is 135 cm³/mol. The van der Waals surface area contributed by atoms with Gasteiger partial charge in [-0.15, -0.1) is 0 Å². The molecular formula is C31H54N+. The third-order valence-corrected chi connectivity index (χ3v) is 14.7. The van der Waals surface area contributed by atoms with Crippen LogP contribution in [0.3, 0.4) is 0 Å². The van der Waals surface area contributed by atoms with Crippen LogP contribution in [-0.4, -0.2) is 28.1 Å². The summed E-state index contributed by atoms with van der Waals surface area (Å²) in [5, 5.41) is 0. The van der Waals surface area contributed by atoms with Gasteiger partial charge in [0.25, 0.3) is 0 Å². The summed E-state index contributed by atoms with van der Waals surface area (Å²) in [6.07, 6.45) is 13.4. The first-order chi connectivity index (χ1) is 14.7. The van der Waals surface area contributed by atoms with E-state index < -0.39 is 0 Å². The number of quaternary nitrogens is 1. The Balaban J connectivity index is 1.62. The van der Waals surface area contributed by atoms with Crippen molar-refractivity contribution in [3.63, 3.8) is 0 Å². The van der Waals surface area contributed by atoms with E-state index in [9.17, 15) is 0 Å². The molecule has 0 aromatic rings. The molecule has 6 aliphatic carbocycles. The molecule has 0 N–H and O–H groups in total. The Morgan fingerprint density at radius 3 is 0.969 bits per heavy atom. The van der Waals surface area contributed by atoms with Crippen molar-refractivity contribution in [2.75, 3.05) is 7.05 Å². The molecule has 6 rings (SSSR count). The van der Waals surface area contributed by atoms with Gasteiger partial charge in [0.05, 0.1) is 7.05 Å². The lowest BCUT2D eigenvalue weighted by atomic mass is 9.71. The fraction of sp³-hybridized carbons (Fsp3) is 1.00. The fourth-order valence-corrected chi connectivity index (χ4v) is 13.4. The molecular weight excluding hydrogens is 386 g/mol. The van der Waals surface area contributed by atoms with Crippen LogP contribution < -0.4 is 0 Å². The van der Waals surface area contributed by atoms with Crippen molar-refractivity contribution in [2.24, 2.45) is 51.8 Å². The van der Waals surface area contributed by atoms with E-state index in [1.165, 1.54) is 62.3 Å². The lowest BCUT2D eigenvalue weighted by Crippen LogP contribution is -2.75. The molecule has 9 unspecified atom stereocenters. The van der Waals surface area contributed by atoms with Gasteiger partial charge < -0.3 is 4.48 Å². The first kappa shape index (κ1) is 22.4. The van der Waals surface area contributed by atoms with Crippen molar-refractivity contribution in [1.29, 1.82) is 0 Å². The van der Waals surface area contributed by atoms with Crippen LogP contribution in [-0.2, 0) is 0 Å². The third-order valence-electron chi connectivity index (χ3n) is 14.7. The Labute approximate surface area is 200 Å². The molecule has 32 heavy (non-hydrogen) atoms. The van der Waals surface area contributed by atoms with Crippen LogP contribution >= 0.6 is 0 Å². The zero-order valence-corrected chi connectivity index (χ0v) is 23.3. The van der Waals surface area contributed by atoms with Gasteiger partial charge in [-0.25, -0.2) is 0 Å². The van der Waals surface area contributed by atoms with Gasteiger partial charge in [0.2, 0.25) is 0 Å². The normalized spacial score (nSPS) is 57.9. The highest BCUT2D eigenvalue weighted by atomic mass is 15.6. The summed E-state index contributed by atoms with van der Waals surface area (Å²) < 4.78 is 1.49. The van der Waals surface area contributed by atoms with Gasteiger partial charge in [-0.1, -0.05) is 62.3 Å². The molecule has 6 aliphatic rings. The van der Waals surface area contributed by atoms with Gasteiger partial charge in [-0.2, -0.15) is 0 Å². The summed E-state index contributed by atoms with van der Waals surface area (Å²) in [5.41, 5.74) is 3.04. The van der Waals surface area contributed by atoms with Crippen molar-refractivity contribution >= 4 is 0 Å². The number of rotatable bonds is 3. The second kappa shape index (κ2) is 5.84. The van der Waals surface area contributed by atoms with E-state index in [0.717, 1.165) is 35.5 Å². The monoisotopic (exact) mass is 440 g/mol. The first-order valence-electron chi connectivity index (χ1n) is 14.6. The second-order valence-electron chi connectivity index (χ2n) is 16.3. The van der Waals surface area contributed by atoms with Gasteiger partial charge in [0.15, 0.2) is 0 Å². The number of hydrogen-bond acceptors (Lipinski definition) is 0. The van der Waals surface area contributed by atoms with Crippen LogP contribution in [0.4, 0.5) is 0 Å². The standard InChI is InChI=1S/C31H54N/c1-20-11-14-23-26(4,5)29(23,17-20)32(10,30-18-21(2)12-15-24(30)27(30,6)7)31-19-22(3)13-16-25(31)28(31,8)9/h20-25H,11-19H2,1-10H3/q+1. The molecule has 0 radical (unpaired) electrons. The van der Waals surface area contributed by atoms with Crippen molar-refractivity contribution in [3.05, 3.63) is 0 Å². The highest BCUT2D eigenvalue weighted by Gasteiger charge is 2.99. The molecule has 1 heteroatoms. The molecule has 0 aromatic heterocycles. The van der Waals surface area contributed by atoms with E-state index in [1.807, 2.05) is 0 Å². The second-order valence-corrected chi connectivity index (χ2v) is 16.3. The summed E-state index contributed by atoms with van der Waals surface area (Å²) in [6, 6.07) is 0. The zero-order chi connectivity index (χ0) is 23.3. The van der Waals surface area contributed by atoms with Crippen LogP contribution in [0.25, 0.3) is 0 Å². The summed E-state index contributed by atoms with van der Waals surface area (Å²) in [5.74, 6) is 5.55. The maximum Gasteiger partial charge on any atom is 0.109 e. The SMILES string of the molecule is CC1CCC2C(C)(C)C2([N+](C)(C23CC(C)CCC2C3(C)C)C23CC(C)CCC2C3(C)C)C1. The molecule has 6 saturated carbocycles. The first-order valence-corrected chi connectivity index (χ1v) is 14.6. The lowest BCUT2D eigenvalue weighted by molar-refractivity contribution is -1.02. The minimum atomic E-state index is 0.504. The maximum atomic E-state index is 2.92. The summed E-state index contributed by atoms with van der Waals surface area (Å²) in [4.78, 5) is 0. The average Bonchev–Trinajstić information content (AvgIpc) is 3.54. The number of nitrogens with zero attached hydrogens (tertiary/aromatic N) is 1. The molecule has 9 atom stereocenters. The minimum absolute atomic E-state index is 0.504. The Morgan fingerprint density at radius 1 is 0.469 bits per heavy atom. The topological polar surface area (TPSA) is 0 Å². The molecule has 182 valence electrons. The number of hydrogen-bond donors (Lipinski definition) is 0. The largest absolute Gasteiger partial charge is 0.309 e. The Bertz CT molecular complexity index is 728. The van der Waals surface area contributed by atoms with Gasteiger partial charge >= 0.3 is 0 Å². The van der Waals surface area contributed by atoms with Crippen LogP contribution in [0.1, 0.15) is 120 Å². The molecule has 0 spiro atoms. The van der Waals surface area contributed by atoms with Gasteiger partial charge in [0, 0.05) is 53.3 Å². The molecule has 0 amide bonds. The number of fused-ring (bicyclic) bond motifs is 3. The van der Waals surface area contributed by atoms with Crippen molar-refractivity contribution in [3.8, 4) is 0 Å². The van der Waals surface area contributed by atoms with E-state index in [1.54, 1.807) is 0 Å². The Morgan fingerprint density at radius 2 is 0.719 bits per heavy atom. The molecule has 1 nitrogen and oxygen atoms in total. The summed E-state index contributed by atoms with van der Waals surface area (Å²) in [7, 11) is 2.92. The van der Waals surface area contributed by atoms with Crippen molar-refractivity contribution < 1.29 is 4.48 Å². The molecule has 0 aliphatic heterocycles. The minimum Gasteiger partial charge on any atom is -0.309 e. The third kappa shape index (κ3) is 1.93. The van der Waals surface area contributed by atoms with E-state index >= 15 is 0 Å². The van der Waals surface area contributed by atoms with E-state index in [2.05, 4.69) is 69.4 Å². The quantitative estimate of drug-likeness (QED) is 0.389. The maximum absolute atomic E-state index is 2.92. The van der Waals surface area contributed by atoms with Crippen molar-refractivity contribution in [1.82, 2.24) is 0 Å². The average molecular weight is 441 g/mol. The van der Waals surface area contributed by atoms with Gasteiger partial charge in [-0.3, -0.25) is 0 Å². The van der Waals surface area contributed by atoms with Gasteiger partial charge in [-0.05, 0) is 56.3 Å². The molecule has 0 aromatic carbocycles. The van der Waals surface area contributed by atoms with Crippen molar-refractivity contribution in [2.45, 2.75) is 137 Å². The van der Waals surface area contributed by atoms with E-state index in [0.29, 0.717) is 32.9 Å². The lowest BCUT2D eigenvalue weighted by Gasteiger charge is -2.62. The van der Waals surface area contributed by atoms with Crippen LogP contribution in [0, 0.1) is 51.8 Å². The highest BCUT2D eigenvalue weighted by molar-refractivity contribution is 5.35. The summed E-state index contributed by atoms with van der Waals surface area (Å²) in [6.45, 7) is 24.1. The highest BCUT2D eigenvalue weighted by Crippen LogP contribution is 2.90. The van der Waals surface area contributed by atoms with Crippen LogP contribution in [0.15, 0.2) is 0 Å². The van der Waals surface area contributed by atoms with E-state index in [-0.39, 0.29) is 0 Å². The molecule has 0 saturated heterocycles.